The van der Waals surface area contributed by atoms with Crippen LogP contribution in [0.15, 0.2) is 12.4 Å². The number of rotatable bonds is 5. The van der Waals surface area contributed by atoms with Crippen LogP contribution in [-0.4, -0.2) is 56.3 Å². The highest BCUT2D eigenvalue weighted by atomic mass is 32.2. The summed E-state index contributed by atoms with van der Waals surface area (Å²) >= 11 is 0. The van der Waals surface area contributed by atoms with Crippen LogP contribution in [0, 0.1) is 0 Å². The Morgan fingerprint density at radius 3 is 2.87 bits per heavy atom. The predicted octanol–water partition coefficient (Wildman–Crippen LogP) is 0.555. The van der Waals surface area contributed by atoms with Gasteiger partial charge in [0.25, 0.3) is 0 Å². The van der Waals surface area contributed by atoms with Crippen LogP contribution < -0.4 is 0 Å². The summed E-state index contributed by atoms with van der Waals surface area (Å²) in [6.07, 6.45) is 4.47. The Bertz CT molecular complexity index is 766. The van der Waals surface area contributed by atoms with Crippen molar-refractivity contribution < 1.29 is 8.42 Å². The molecule has 1 saturated heterocycles. The van der Waals surface area contributed by atoms with Crippen molar-refractivity contribution in [2.24, 2.45) is 0 Å². The Balaban J connectivity index is 1.83. The van der Waals surface area contributed by atoms with Gasteiger partial charge in [0.1, 0.15) is 11.6 Å². The Morgan fingerprint density at radius 1 is 1.39 bits per heavy atom. The van der Waals surface area contributed by atoms with Crippen molar-refractivity contribution in [1.29, 1.82) is 0 Å². The molecule has 0 unspecified atom stereocenters. The molecule has 1 atom stereocenters. The molecule has 2 aromatic rings. The predicted molar refractivity (Wildman–Crippen MR) is 85.5 cm³/mol. The fraction of sp³-hybridized carbons (Fsp3) is 0.643. The summed E-state index contributed by atoms with van der Waals surface area (Å²) in [4.78, 5) is 6.57. The number of hydrogen-bond acceptors (Lipinski definition) is 6. The molecular formula is C14H22N6O2S. The lowest BCUT2D eigenvalue weighted by Crippen LogP contribution is -2.42. The maximum absolute atomic E-state index is 12.1. The van der Waals surface area contributed by atoms with E-state index in [0.717, 1.165) is 30.2 Å². The maximum Gasteiger partial charge on any atom is 0.153 e. The van der Waals surface area contributed by atoms with E-state index in [1.54, 1.807) is 6.20 Å². The number of H-pyrrole nitrogens is 1. The molecule has 0 radical (unpaired) electrons. The monoisotopic (exact) mass is 338 g/mol. The Kier molecular flexibility index (Phi) is 4.49. The van der Waals surface area contributed by atoms with Crippen molar-refractivity contribution in [1.82, 2.24) is 29.9 Å². The van der Waals surface area contributed by atoms with Gasteiger partial charge < -0.3 is 0 Å². The van der Waals surface area contributed by atoms with Gasteiger partial charge in [0.05, 0.1) is 30.3 Å². The van der Waals surface area contributed by atoms with Crippen molar-refractivity contribution >= 4 is 9.84 Å². The molecule has 0 bridgehead atoms. The van der Waals surface area contributed by atoms with Crippen LogP contribution in [0.5, 0.6) is 0 Å². The fourth-order valence-electron chi connectivity index (χ4n) is 2.82. The van der Waals surface area contributed by atoms with E-state index in [4.69, 9.17) is 0 Å². The molecular weight excluding hydrogens is 316 g/mol. The Hall–Kier alpha value is -1.74. The third kappa shape index (κ3) is 3.61. The summed E-state index contributed by atoms with van der Waals surface area (Å²) < 4.78 is 26.0. The van der Waals surface area contributed by atoms with Crippen molar-refractivity contribution in [3.8, 4) is 0 Å². The highest BCUT2D eigenvalue weighted by Gasteiger charge is 2.33. The minimum absolute atomic E-state index is 0.122. The van der Waals surface area contributed by atoms with Gasteiger partial charge in [-0.05, 0) is 6.92 Å². The van der Waals surface area contributed by atoms with E-state index in [1.807, 2.05) is 24.7 Å². The third-order valence-electron chi connectivity index (χ3n) is 4.15. The molecule has 0 aromatic carbocycles. The summed E-state index contributed by atoms with van der Waals surface area (Å²) in [6.45, 7) is 5.83. The number of hydrogen-bond donors (Lipinski definition) is 1. The summed E-state index contributed by atoms with van der Waals surface area (Å²) in [6, 6.07) is -0.191. The third-order valence-corrected chi connectivity index (χ3v) is 5.78. The van der Waals surface area contributed by atoms with E-state index in [9.17, 15) is 8.42 Å². The fourth-order valence-corrected chi connectivity index (χ4v) is 4.38. The average molecular weight is 338 g/mol. The van der Waals surface area contributed by atoms with Gasteiger partial charge in [0, 0.05) is 31.3 Å². The molecule has 1 aliphatic heterocycles. The highest BCUT2D eigenvalue weighted by Crippen LogP contribution is 2.27. The topological polar surface area (TPSA) is 96.8 Å². The molecule has 23 heavy (non-hydrogen) atoms. The second kappa shape index (κ2) is 6.40. The molecule has 3 heterocycles. The van der Waals surface area contributed by atoms with Gasteiger partial charge in [0.15, 0.2) is 9.84 Å². The van der Waals surface area contributed by atoms with E-state index in [1.165, 1.54) is 0 Å². The lowest BCUT2D eigenvalue weighted by molar-refractivity contribution is 0.201. The lowest BCUT2D eigenvalue weighted by atomic mass is 10.1. The second-order valence-electron chi connectivity index (χ2n) is 5.78. The number of aryl methyl sites for hydroxylation is 2. The van der Waals surface area contributed by atoms with Gasteiger partial charge in [-0.2, -0.15) is 10.2 Å². The summed E-state index contributed by atoms with van der Waals surface area (Å²) in [7, 11) is -3.03. The smallest absolute Gasteiger partial charge is 0.153 e. The molecule has 0 saturated carbocycles. The first-order valence-electron chi connectivity index (χ1n) is 7.87. The number of sulfone groups is 1. The van der Waals surface area contributed by atoms with Gasteiger partial charge in [-0.25, -0.2) is 13.4 Å². The van der Waals surface area contributed by atoms with Crippen LogP contribution >= 0.6 is 0 Å². The van der Waals surface area contributed by atoms with Crippen LogP contribution in [0.4, 0.5) is 0 Å². The van der Waals surface area contributed by atoms with Crippen LogP contribution in [0.2, 0.25) is 0 Å². The second-order valence-corrected chi connectivity index (χ2v) is 8.01. The maximum atomic E-state index is 12.1. The summed E-state index contributed by atoms with van der Waals surface area (Å²) in [5, 5.41) is 11.4. The van der Waals surface area contributed by atoms with Gasteiger partial charge >= 0.3 is 0 Å². The molecule has 1 aliphatic rings. The Labute approximate surface area is 135 Å². The van der Waals surface area contributed by atoms with E-state index < -0.39 is 9.84 Å². The van der Waals surface area contributed by atoms with E-state index >= 15 is 0 Å². The first kappa shape index (κ1) is 16.1. The molecule has 0 aliphatic carbocycles. The standard InChI is InChI=1S/C14H22N6O2S/c1-3-13-16-14(18-17-13)9-19-5-6-23(21,22)10-12(19)11-7-15-20(4-2)8-11/h7-8,12H,3-6,9-10H2,1-2H3,(H,16,17,18)/t12-/m0/s1. The number of aromatic amines is 1. The lowest BCUT2D eigenvalue weighted by Gasteiger charge is -2.34. The minimum atomic E-state index is -3.03. The van der Waals surface area contributed by atoms with Crippen LogP contribution in [-0.2, 0) is 29.3 Å². The SMILES string of the molecule is CCc1n[nH]c(CN2CCS(=O)(=O)C[C@H]2c2cnn(CC)c2)n1. The van der Waals surface area contributed by atoms with Crippen molar-refractivity contribution in [3.05, 3.63) is 29.6 Å². The van der Waals surface area contributed by atoms with E-state index in [-0.39, 0.29) is 17.5 Å². The van der Waals surface area contributed by atoms with Crippen molar-refractivity contribution in [3.63, 3.8) is 0 Å². The molecule has 2 aromatic heterocycles. The van der Waals surface area contributed by atoms with Crippen molar-refractivity contribution in [2.45, 2.75) is 39.4 Å². The molecule has 9 heteroatoms. The molecule has 0 spiro atoms. The summed E-state index contributed by atoms with van der Waals surface area (Å²) in [5.74, 6) is 1.85. The minimum Gasteiger partial charge on any atom is -0.287 e. The van der Waals surface area contributed by atoms with E-state index in [2.05, 4.69) is 25.2 Å². The molecule has 1 N–H and O–H groups in total. The Morgan fingerprint density at radius 2 is 2.22 bits per heavy atom. The van der Waals surface area contributed by atoms with Crippen LogP contribution in [0.1, 0.15) is 37.1 Å². The normalized spacial score (nSPS) is 21.6. The van der Waals surface area contributed by atoms with Gasteiger partial charge in [-0.1, -0.05) is 6.92 Å². The largest absolute Gasteiger partial charge is 0.287 e. The zero-order valence-electron chi connectivity index (χ0n) is 13.4. The van der Waals surface area contributed by atoms with Crippen LogP contribution in [0.3, 0.4) is 0 Å². The number of nitrogens with one attached hydrogen (secondary N) is 1. The van der Waals surface area contributed by atoms with E-state index in [0.29, 0.717) is 13.1 Å². The summed E-state index contributed by atoms with van der Waals surface area (Å²) in [5.41, 5.74) is 0.936. The molecule has 3 rings (SSSR count). The zero-order valence-corrected chi connectivity index (χ0v) is 14.3. The van der Waals surface area contributed by atoms with Gasteiger partial charge in [-0.3, -0.25) is 14.7 Å². The number of aromatic nitrogens is 5. The van der Waals surface area contributed by atoms with Gasteiger partial charge in [0.2, 0.25) is 0 Å². The van der Waals surface area contributed by atoms with Crippen molar-refractivity contribution in [2.75, 3.05) is 18.1 Å². The molecule has 126 valence electrons. The molecule has 8 nitrogen and oxygen atoms in total. The molecule has 1 fully saturated rings. The number of nitrogens with zero attached hydrogens (tertiary/aromatic N) is 5. The highest BCUT2D eigenvalue weighted by molar-refractivity contribution is 7.91. The average Bonchev–Trinajstić information content (AvgIpc) is 3.17. The molecule has 0 amide bonds. The van der Waals surface area contributed by atoms with Crippen LogP contribution in [0.25, 0.3) is 0 Å². The van der Waals surface area contributed by atoms with Gasteiger partial charge in [-0.15, -0.1) is 0 Å². The first-order chi connectivity index (χ1) is 11.0. The quantitative estimate of drug-likeness (QED) is 0.855. The zero-order chi connectivity index (χ0) is 16.4. The first-order valence-corrected chi connectivity index (χ1v) is 9.70.